The largest absolute Gasteiger partial charge is 0.492 e. The zero-order valence-corrected chi connectivity index (χ0v) is 12.3. The summed E-state index contributed by atoms with van der Waals surface area (Å²) in [6.45, 7) is 0. The minimum atomic E-state index is -1.80. The van der Waals surface area contributed by atoms with Crippen LogP contribution in [-0.4, -0.2) is 27.4 Å². The van der Waals surface area contributed by atoms with E-state index < -0.39 is 6.29 Å². The molecule has 3 rings (SSSR count). The summed E-state index contributed by atoms with van der Waals surface area (Å²) in [5.74, 6) is -0.718. The molecule has 2 aromatic carbocycles. The van der Waals surface area contributed by atoms with Crippen molar-refractivity contribution in [2.45, 2.75) is 6.29 Å². The van der Waals surface area contributed by atoms with E-state index in [1.807, 2.05) is 0 Å². The Balaban J connectivity index is 2.25. The smallest absolute Gasteiger partial charge is 0.236 e. The number of fused-ring (bicyclic) bond motifs is 1. The summed E-state index contributed by atoms with van der Waals surface area (Å²) in [6, 6.07) is 12.5. The van der Waals surface area contributed by atoms with Gasteiger partial charge >= 0.3 is 0 Å². The van der Waals surface area contributed by atoms with Crippen molar-refractivity contribution in [2.24, 2.45) is 0 Å². The summed E-state index contributed by atoms with van der Waals surface area (Å²) >= 11 is 0. The number of rotatable bonds is 3. The zero-order valence-electron chi connectivity index (χ0n) is 12.3. The number of nitrogens with zero attached hydrogens (tertiary/aromatic N) is 2. The van der Waals surface area contributed by atoms with Crippen molar-refractivity contribution in [2.75, 3.05) is 11.9 Å². The van der Waals surface area contributed by atoms with E-state index in [0.717, 1.165) is 0 Å². The standard InChI is InChI=1S/C17H15FN2O3/c1-20(11-8-6-10(18)7-9-11)15-14(17(22)23)12-4-2-3-5-13(12)19-16(15)21/h2-9,17,22-23H,1H3,(H,19,21). The van der Waals surface area contributed by atoms with Gasteiger partial charge in [0.25, 0.3) is 0 Å². The number of pyridine rings is 1. The van der Waals surface area contributed by atoms with Crippen LogP contribution < -0.4 is 4.90 Å². The van der Waals surface area contributed by atoms with Crippen LogP contribution in [0, 0.1) is 5.82 Å². The van der Waals surface area contributed by atoms with Gasteiger partial charge in [0.2, 0.25) is 5.88 Å². The second-order valence-corrected chi connectivity index (χ2v) is 5.12. The third-order valence-corrected chi connectivity index (χ3v) is 3.70. The summed E-state index contributed by atoms with van der Waals surface area (Å²) in [4.78, 5) is 5.63. The van der Waals surface area contributed by atoms with Crippen molar-refractivity contribution in [3.05, 3.63) is 59.9 Å². The van der Waals surface area contributed by atoms with Crippen molar-refractivity contribution >= 4 is 22.3 Å². The van der Waals surface area contributed by atoms with Crippen molar-refractivity contribution in [3.8, 4) is 5.88 Å². The van der Waals surface area contributed by atoms with Gasteiger partial charge in [-0.1, -0.05) is 18.2 Å². The van der Waals surface area contributed by atoms with Crippen molar-refractivity contribution < 1.29 is 19.7 Å². The van der Waals surface area contributed by atoms with Gasteiger partial charge in [0, 0.05) is 23.7 Å². The molecule has 0 atom stereocenters. The van der Waals surface area contributed by atoms with Crippen molar-refractivity contribution in [1.29, 1.82) is 0 Å². The Morgan fingerprint density at radius 2 is 1.70 bits per heavy atom. The lowest BCUT2D eigenvalue weighted by molar-refractivity contribution is -0.0410. The fourth-order valence-electron chi connectivity index (χ4n) is 2.60. The maximum absolute atomic E-state index is 13.1. The highest BCUT2D eigenvalue weighted by molar-refractivity contribution is 5.90. The van der Waals surface area contributed by atoms with E-state index in [1.54, 1.807) is 31.3 Å². The van der Waals surface area contributed by atoms with E-state index in [2.05, 4.69) is 4.98 Å². The first-order chi connectivity index (χ1) is 11.0. The van der Waals surface area contributed by atoms with E-state index in [4.69, 9.17) is 0 Å². The van der Waals surface area contributed by atoms with Crippen LogP contribution in [0.25, 0.3) is 10.9 Å². The fourth-order valence-corrected chi connectivity index (χ4v) is 2.60. The first-order valence-corrected chi connectivity index (χ1v) is 6.96. The van der Waals surface area contributed by atoms with Crippen LogP contribution in [0.3, 0.4) is 0 Å². The van der Waals surface area contributed by atoms with Gasteiger partial charge in [-0.25, -0.2) is 9.37 Å². The average molecular weight is 314 g/mol. The summed E-state index contributed by atoms with van der Waals surface area (Å²) < 4.78 is 13.1. The number of aliphatic hydroxyl groups is 2. The van der Waals surface area contributed by atoms with Gasteiger partial charge in [-0.05, 0) is 30.3 Å². The molecule has 0 unspecified atom stereocenters. The Bertz CT molecular complexity index is 850. The van der Waals surface area contributed by atoms with Gasteiger partial charge < -0.3 is 20.2 Å². The molecule has 0 aliphatic heterocycles. The molecule has 118 valence electrons. The molecular weight excluding hydrogens is 299 g/mol. The third kappa shape index (κ3) is 2.69. The number of aromatic hydroxyl groups is 1. The van der Waals surface area contributed by atoms with Crippen molar-refractivity contribution in [3.63, 3.8) is 0 Å². The number of hydrogen-bond donors (Lipinski definition) is 3. The van der Waals surface area contributed by atoms with Crippen LogP contribution in [0.5, 0.6) is 5.88 Å². The van der Waals surface area contributed by atoms with Crippen LogP contribution >= 0.6 is 0 Å². The molecule has 0 saturated carbocycles. The fraction of sp³-hybridized carbons (Fsp3) is 0.118. The van der Waals surface area contributed by atoms with Crippen molar-refractivity contribution in [1.82, 2.24) is 4.98 Å². The van der Waals surface area contributed by atoms with Gasteiger partial charge in [0.05, 0.1) is 5.52 Å². The number of para-hydroxylation sites is 1. The Morgan fingerprint density at radius 3 is 2.35 bits per heavy atom. The molecule has 0 spiro atoms. The van der Waals surface area contributed by atoms with Crippen LogP contribution in [0.15, 0.2) is 48.5 Å². The number of benzene rings is 2. The van der Waals surface area contributed by atoms with Gasteiger partial charge in [0.1, 0.15) is 11.5 Å². The molecule has 5 nitrogen and oxygen atoms in total. The predicted octanol–water partition coefficient (Wildman–Crippen LogP) is 2.83. The molecule has 0 amide bonds. The number of aromatic nitrogens is 1. The Morgan fingerprint density at radius 1 is 1.04 bits per heavy atom. The van der Waals surface area contributed by atoms with E-state index in [-0.39, 0.29) is 22.9 Å². The van der Waals surface area contributed by atoms with Gasteiger partial charge in [-0.15, -0.1) is 0 Å². The quantitative estimate of drug-likeness (QED) is 0.648. The summed E-state index contributed by atoms with van der Waals surface area (Å²) in [5.41, 5.74) is 1.32. The normalized spacial score (nSPS) is 11.2. The monoisotopic (exact) mass is 314 g/mol. The van der Waals surface area contributed by atoms with E-state index in [9.17, 15) is 19.7 Å². The highest BCUT2D eigenvalue weighted by Crippen LogP contribution is 2.40. The molecule has 3 aromatic rings. The van der Waals surface area contributed by atoms with Gasteiger partial charge in [-0.2, -0.15) is 0 Å². The Hall–Kier alpha value is -2.70. The maximum atomic E-state index is 13.1. The number of hydrogen-bond acceptors (Lipinski definition) is 5. The van der Waals surface area contributed by atoms with Crippen LogP contribution in [0.4, 0.5) is 15.8 Å². The predicted molar refractivity (Wildman–Crippen MR) is 85.0 cm³/mol. The molecule has 0 saturated heterocycles. The van der Waals surface area contributed by atoms with E-state index in [0.29, 0.717) is 16.6 Å². The lowest BCUT2D eigenvalue weighted by Crippen LogP contribution is -2.15. The molecule has 0 aliphatic rings. The summed E-state index contributed by atoms with van der Waals surface area (Å²) in [6.07, 6.45) is -1.80. The molecular formula is C17H15FN2O3. The van der Waals surface area contributed by atoms with Gasteiger partial charge in [-0.3, -0.25) is 0 Å². The molecule has 0 radical (unpaired) electrons. The average Bonchev–Trinajstić information content (AvgIpc) is 2.53. The summed E-state index contributed by atoms with van der Waals surface area (Å²) in [5, 5.41) is 30.4. The van der Waals surface area contributed by atoms with Crippen LogP contribution in [0.1, 0.15) is 11.9 Å². The first-order valence-electron chi connectivity index (χ1n) is 6.96. The molecule has 3 N–H and O–H groups in total. The highest BCUT2D eigenvalue weighted by Gasteiger charge is 2.23. The molecule has 0 aliphatic carbocycles. The molecule has 1 heterocycles. The number of anilines is 2. The van der Waals surface area contributed by atoms with E-state index in [1.165, 1.54) is 29.2 Å². The first kappa shape index (κ1) is 15.2. The molecule has 6 heteroatoms. The Kier molecular flexibility index (Phi) is 3.85. The molecule has 1 aromatic heterocycles. The van der Waals surface area contributed by atoms with Gasteiger partial charge in [0.15, 0.2) is 6.29 Å². The number of aliphatic hydroxyl groups excluding tert-OH is 1. The third-order valence-electron chi connectivity index (χ3n) is 3.70. The Labute approximate surface area is 131 Å². The van der Waals surface area contributed by atoms with Crippen LogP contribution in [0.2, 0.25) is 0 Å². The molecule has 23 heavy (non-hydrogen) atoms. The lowest BCUT2D eigenvalue weighted by Gasteiger charge is -2.25. The topological polar surface area (TPSA) is 76.8 Å². The minimum Gasteiger partial charge on any atom is -0.492 e. The zero-order chi connectivity index (χ0) is 16.6. The molecule has 0 fully saturated rings. The SMILES string of the molecule is CN(c1ccc(F)cc1)c1c(O)nc2ccccc2c1C(O)O. The lowest BCUT2D eigenvalue weighted by atomic mass is 10.1. The summed E-state index contributed by atoms with van der Waals surface area (Å²) in [7, 11) is 1.63. The minimum absolute atomic E-state index is 0.139. The highest BCUT2D eigenvalue weighted by atomic mass is 19.1. The maximum Gasteiger partial charge on any atom is 0.236 e. The molecule has 0 bridgehead atoms. The second kappa shape index (κ2) is 5.83. The van der Waals surface area contributed by atoms with Crippen LogP contribution in [-0.2, 0) is 0 Å². The second-order valence-electron chi connectivity index (χ2n) is 5.12. The number of halogens is 1. The van der Waals surface area contributed by atoms with E-state index >= 15 is 0 Å².